The Kier molecular flexibility index (Phi) is 1.91. The maximum atomic E-state index is 5.52. The van der Waals surface area contributed by atoms with Crippen molar-refractivity contribution in [3.05, 3.63) is 6.10 Å². The molecule has 0 aromatic heterocycles. The van der Waals surface area contributed by atoms with Gasteiger partial charge >= 0.3 is 0 Å². The van der Waals surface area contributed by atoms with Gasteiger partial charge in [0.1, 0.15) is 6.10 Å². The van der Waals surface area contributed by atoms with E-state index in [1.54, 1.807) is 0 Å². The lowest BCUT2D eigenvalue weighted by Crippen LogP contribution is -2.31. The Hall–Kier alpha value is -0.0800. The SMILES string of the molecule is C1CO[C]2CCOCC2C1. The lowest BCUT2D eigenvalue weighted by atomic mass is 9.92. The highest BCUT2D eigenvalue weighted by Crippen LogP contribution is 2.32. The molecule has 2 nitrogen and oxygen atoms in total. The third-order valence-electron chi connectivity index (χ3n) is 2.25. The summed E-state index contributed by atoms with van der Waals surface area (Å²) in [6.07, 6.45) is 4.81. The molecule has 57 valence electrons. The van der Waals surface area contributed by atoms with E-state index >= 15 is 0 Å². The molecule has 2 aliphatic rings. The zero-order valence-corrected chi connectivity index (χ0v) is 6.14. The van der Waals surface area contributed by atoms with Gasteiger partial charge in [0.2, 0.25) is 0 Å². The van der Waals surface area contributed by atoms with Crippen LogP contribution in [0, 0.1) is 12.0 Å². The summed E-state index contributed by atoms with van der Waals surface area (Å²) in [5.74, 6) is 0.627. The Labute approximate surface area is 61.5 Å². The smallest absolute Gasteiger partial charge is 0.105 e. The van der Waals surface area contributed by atoms with E-state index in [4.69, 9.17) is 9.47 Å². The second-order valence-electron chi connectivity index (χ2n) is 2.98. The minimum atomic E-state index is 0.627. The minimum Gasteiger partial charge on any atom is -0.381 e. The molecule has 0 aromatic carbocycles. The fourth-order valence-electron chi connectivity index (χ4n) is 1.66. The summed E-state index contributed by atoms with van der Waals surface area (Å²) in [6, 6.07) is 0. The summed E-state index contributed by atoms with van der Waals surface area (Å²) >= 11 is 0. The van der Waals surface area contributed by atoms with Gasteiger partial charge in [0.05, 0.1) is 6.61 Å². The van der Waals surface area contributed by atoms with Crippen molar-refractivity contribution in [3.63, 3.8) is 0 Å². The van der Waals surface area contributed by atoms with Crippen LogP contribution in [-0.2, 0) is 9.47 Å². The van der Waals surface area contributed by atoms with Crippen LogP contribution in [0.3, 0.4) is 0 Å². The fraction of sp³-hybridized carbons (Fsp3) is 0.875. The third-order valence-corrected chi connectivity index (χ3v) is 2.25. The van der Waals surface area contributed by atoms with E-state index in [0.29, 0.717) is 5.92 Å². The van der Waals surface area contributed by atoms with Gasteiger partial charge in [0.25, 0.3) is 0 Å². The van der Waals surface area contributed by atoms with Crippen molar-refractivity contribution in [1.82, 2.24) is 0 Å². The van der Waals surface area contributed by atoms with Crippen LogP contribution >= 0.6 is 0 Å². The molecule has 2 saturated heterocycles. The summed E-state index contributed by atoms with van der Waals surface area (Å²) in [4.78, 5) is 0. The Morgan fingerprint density at radius 3 is 3.20 bits per heavy atom. The number of rotatable bonds is 0. The molecule has 0 aromatic rings. The minimum absolute atomic E-state index is 0.627. The van der Waals surface area contributed by atoms with Crippen molar-refractivity contribution in [3.8, 4) is 0 Å². The van der Waals surface area contributed by atoms with E-state index in [0.717, 1.165) is 26.2 Å². The van der Waals surface area contributed by atoms with E-state index in [2.05, 4.69) is 0 Å². The van der Waals surface area contributed by atoms with E-state index in [-0.39, 0.29) is 0 Å². The first-order valence-electron chi connectivity index (χ1n) is 4.03. The molecule has 1 radical (unpaired) electrons. The van der Waals surface area contributed by atoms with E-state index in [1.807, 2.05) is 0 Å². The summed E-state index contributed by atoms with van der Waals surface area (Å²) < 4.78 is 10.9. The first kappa shape index (κ1) is 6.62. The molecular weight excluding hydrogens is 128 g/mol. The van der Waals surface area contributed by atoms with Crippen LogP contribution in [0.1, 0.15) is 19.3 Å². The lowest BCUT2D eigenvalue weighted by Gasteiger charge is -2.34. The van der Waals surface area contributed by atoms with Crippen molar-refractivity contribution < 1.29 is 9.47 Å². The van der Waals surface area contributed by atoms with Crippen LogP contribution in [0.25, 0.3) is 0 Å². The van der Waals surface area contributed by atoms with Gasteiger partial charge < -0.3 is 9.47 Å². The van der Waals surface area contributed by atoms with Crippen molar-refractivity contribution in [2.75, 3.05) is 19.8 Å². The number of ether oxygens (including phenoxy) is 2. The van der Waals surface area contributed by atoms with E-state index in [1.165, 1.54) is 18.9 Å². The average molecular weight is 141 g/mol. The second-order valence-corrected chi connectivity index (χ2v) is 2.98. The van der Waals surface area contributed by atoms with Crippen LogP contribution in [0.5, 0.6) is 0 Å². The molecule has 0 bridgehead atoms. The molecule has 2 rings (SSSR count). The fourth-order valence-corrected chi connectivity index (χ4v) is 1.66. The summed E-state index contributed by atoms with van der Waals surface area (Å²) in [6.45, 7) is 2.70. The maximum Gasteiger partial charge on any atom is 0.105 e. The van der Waals surface area contributed by atoms with Gasteiger partial charge in [-0.1, -0.05) is 0 Å². The molecule has 1 atom stereocenters. The number of hydrogen-bond acceptors (Lipinski definition) is 2. The molecule has 0 amide bonds. The molecule has 0 N–H and O–H groups in total. The van der Waals surface area contributed by atoms with Gasteiger partial charge in [0, 0.05) is 25.6 Å². The highest BCUT2D eigenvalue weighted by Gasteiger charge is 2.29. The number of fused-ring (bicyclic) bond motifs is 1. The monoisotopic (exact) mass is 141 g/mol. The molecule has 2 heterocycles. The van der Waals surface area contributed by atoms with E-state index in [9.17, 15) is 0 Å². The topological polar surface area (TPSA) is 18.5 Å². The van der Waals surface area contributed by atoms with Crippen LogP contribution < -0.4 is 0 Å². The summed E-state index contributed by atoms with van der Waals surface area (Å²) in [5, 5.41) is 0. The van der Waals surface area contributed by atoms with Crippen LogP contribution in [0.2, 0.25) is 0 Å². The van der Waals surface area contributed by atoms with Crippen LogP contribution in [-0.4, -0.2) is 19.8 Å². The molecule has 2 heteroatoms. The Morgan fingerprint density at radius 1 is 1.30 bits per heavy atom. The van der Waals surface area contributed by atoms with Crippen LogP contribution in [0.15, 0.2) is 0 Å². The summed E-state index contributed by atoms with van der Waals surface area (Å²) in [7, 11) is 0. The molecule has 0 aliphatic carbocycles. The third kappa shape index (κ3) is 1.18. The average Bonchev–Trinajstić information content (AvgIpc) is 2.05. The Morgan fingerprint density at radius 2 is 2.30 bits per heavy atom. The van der Waals surface area contributed by atoms with E-state index < -0.39 is 0 Å². The first-order valence-corrected chi connectivity index (χ1v) is 4.03. The van der Waals surface area contributed by atoms with Crippen molar-refractivity contribution in [2.24, 2.45) is 5.92 Å². The quantitative estimate of drug-likeness (QED) is 0.507. The van der Waals surface area contributed by atoms with Crippen molar-refractivity contribution >= 4 is 0 Å². The van der Waals surface area contributed by atoms with Gasteiger partial charge in [-0.05, 0) is 12.8 Å². The first-order chi connectivity index (χ1) is 4.97. The predicted octanol–water partition coefficient (Wildman–Crippen LogP) is 1.37. The van der Waals surface area contributed by atoms with Gasteiger partial charge in [-0.25, -0.2) is 0 Å². The van der Waals surface area contributed by atoms with Gasteiger partial charge in [-0.2, -0.15) is 0 Å². The zero-order chi connectivity index (χ0) is 6.81. The molecule has 1 unspecified atom stereocenters. The number of hydrogen-bond donors (Lipinski definition) is 0. The highest BCUT2D eigenvalue weighted by molar-refractivity contribution is 4.92. The molecule has 0 spiro atoms. The van der Waals surface area contributed by atoms with Crippen molar-refractivity contribution in [2.45, 2.75) is 19.3 Å². The highest BCUT2D eigenvalue weighted by atomic mass is 16.5. The van der Waals surface area contributed by atoms with Gasteiger partial charge in [-0.3, -0.25) is 0 Å². The second kappa shape index (κ2) is 2.89. The largest absolute Gasteiger partial charge is 0.381 e. The Bertz CT molecular complexity index is 87.8. The molecule has 10 heavy (non-hydrogen) atoms. The molecule has 0 saturated carbocycles. The van der Waals surface area contributed by atoms with Crippen LogP contribution in [0.4, 0.5) is 0 Å². The molecular formula is C8H13O2. The normalized spacial score (nSPS) is 35.4. The molecule has 2 aliphatic heterocycles. The summed E-state index contributed by atoms with van der Waals surface area (Å²) in [5.41, 5.74) is 0. The standard InChI is InChI=1S/C8H13O2/c1-2-7-6-9-5-3-8(7)10-4-1/h7H,1-6H2. The zero-order valence-electron chi connectivity index (χ0n) is 6.14. The van der Waals surface area contributed by atoms with Gasteiger partial charge in [0.15, 0.2) is 0 Å². The lowest BCUT2D eigenvalue weighted by molar-refractivity contribution is -0.0379. The van der Waals surface area contributed by atoms with Crippen molar-refractivity contribution in [1.29, 1.82) is 0 Å². The molecule has 2 fully saturated rings. The predicted molar refractivity (Wildman–Crippen MR) is 37.4 cm³/mol. The van der Waals surface area contributed by atoms with Gasteiger partial charge in [-0.15, -0.1) is 0 Å². The Balaban J connectivity index is 1.93. The maximum absolute atomic E-state index is 5.52.